The topological polar surface area (TPSA) is 72.6 Å². The summed E-state index contributed by atoms with van der Waals surface area (Å²) in [5.41, 5.74) is 1.07. The van der Waals surface area contributed by atoms with Crippen molar-refractivity contribution in [1.29, 1.82) is 0 Å². The molecule has 0 aliphatic carbocycles. The van der Waals surface area contributed by atoms with Crippen molar-refractivity contribution in [2.24, 2.45) is 0 Å². The zero-order chi connectivity index (χ0) is 13.7. The number of hydrogen-bond acceptors (Lipinski definition) is 4. The number of oxazole rings is 1. The minimum absolute atomic E-state index is 0.0706. The van der Waals surface area contributed by atoms with E-state index in [1.165, 1.54) is 5.56 Å². The van der Waals surface area contributed by atoms with Crippen molar-refractivity contribution in [3.05, 3.63) is 41.8 Å². The Kier molecular flexibility index (Phi) is 4.18. The molecule has 0 saturated heterocycles. The van der Waals surface area contributed by atoms with Crippen LogP contribution in [0, 0.1) is 0 Å². The minimum atomic E-state index is -1.14. The molecule has 0 atom stereocenters. The number of carboxylic acids is 1. The highest BCUT2D eigenvalue weighted by molar-refractivity contribution is 5.84. The molecular weight excluding hydrogens is 246 g/mol. The summed E-state index contributed by atoms with van der Waals surface area (Å²) >= 11 is 0. The number of aromatic carboxylic acids is 1. The van der Waals surface area contributed by atoms with Gasteiger partial charge >= 0.3 is 12.0 Å². The number of unbranched alkanes of at least 4 members (excludes halogenated alkanes) is 1. The molecule has 1 N–H and O–H groups in total. The fraction of sp³-hybridized carbons (Fsp3) is 0.286. The summed E-state index contributed by atoms with van der Waals surface area (Å²) in [5, 5.41) is 8.70. The molecule has 0 unspecified atom stereocenters. The average molecular weight is 261 g/mol. The molecule has 1 heterocycles. The monoisotopic (exact) mass is 261 g/mol. The lowest BCUT2D eigenvalue weighted by atomic mass is 10.1. The molecule has 0 aliphatic rings. The first kappa shape index (κ1) is 13.1. The number of ether oxygens (including phenoxy) is 1. The highest BCUT2D eigenvalue weighted by atomic mass is 16.6. The molecule has 0 bridgehead atoms. The summed E-state index contributed by atoms with van der Waals surface area (Å²) in [6.45, 7) is 2.15. The normalized spacial score (nSPS) is 10.4. The molecule has 0 radical (unpaired) electrons. The molecule has 19 heavy (non-hydrogen) atoms. The molecule has 0 aliphatic heterocycles. The van der Waals surface area contributed by atoms with Crippen LogP contribution in [0.2, 0.25) is 0 Å². The van der Waals surface area contributed by atoms with E-state index in [4.69, 9.17) is 14.3 Å². The zero-order valence-corrected chi connectivity index (χ0v) is 10.6. The second-order valence-corrected chi connectivity index (χ2v) is 4.15. The van der Waals surface area contributed by atoms with Crippen LogP contribution in [0.4, 0.5) is 0 Å². The first-order chi connectivity index (χ1) is 9.19. The second-order valence-electron chi connectivity index (χ2n) is 4.15. The minimum Gasteiger partial charge on any atom is -0.476 e. The van der Waals surface area contributed by atoms with Crippen molar-refractivity contribution in [2.45, 2.75) is 26.2 Å². The van der Waals surface area contributed by atoms with Crippen LogP contribution in [0.3, 0.4) is 0 Å². The van der Waals surface area contributed by atoms with Crippen molar-refractivity contribution in [2.75, 3.05) is 0 Å². The number of nitrogens with zero attached hydrogens (tertiary/aromatic N) is 1. The second kappa shape index (κ2) is 6.04. The quantitative estimate of drug-likeness (QED) is 0.861. The summed E-state index contributed by atoms with van der Waals surface area (Å²) in [6.07, 6.45) is 4.33. The van der Waals surface area contributed by atoms with Crippen LogP contribution in [0.1, 0.15) is 35.8 Å². The molecule has 0 saturated carbocycles. The number of hydrogen-bond donors (Lipinski definition) is 1. The van der Waals surface area contributed by atoms with Gasteiger partial charge in [-0.2, -0.15) is 4.98 Å². The number of carbonyl (C=O) groups is 1. The van der Waals surface area contributed by atoms with E-state index in [-0.39, 0.29) is 11.8 Å². The largest absolute Gasteiger partial charge is 0.476 e. The Morgan fingerprint density at radius 2 is 2.11 bits per heavy atom. The summed E-state index contributed by atoms with van der Waals surface area (Å²) in [6, 6.07) is 7.59. The van der Waals surface area contributed by atoms with Crippen LogP contribution in [0.5, 0.6) is 11.8 Å². The van der Waals surface area contributed by atoms with Gasteiger partial charge in [0.15, 0.2) is 5.69 Å². The van der Waals surface area contributed by atoms with E-state index in [1.807, 2.05) is 24.3 Å². The Morgan fingerprint density at radius 3 is 2.68 bits per heavy atom. The van der Waals surface area contributed by atoms with Gasteiger partial charge in [-0.3, -0.25) is 0 Å². The van der Waals surface area contributed by atoms with Crippen LogP contribution in [0.25, 0.3) is 0 Å². The van der Waals surface area contributed by atoms with Gasteiger partial charge in [0.1, 0.15) is 12.0 Å². The third kappa shape index (κ3) is 3.58. The van der Waals surface area contributed by atoms with Crippen LogP contribution >= 0.6 is 0 Å². The molecule has 100 valence electrons. The summed E-state index contributed by atoms with van der Waals surface area (Å²) in [7, 11) is 0. The van der Waals surface area contributed by atoms with Gasteiger partial charge in [0.05, 0.1) is 0 Å². The molecule has 5 nitrogen and oxygen atoms in total. The predicted octanol–water partition coefficient (Wildman–Crippen LogP) is 3.51. The Bertz CT molecular complexity index is 545. The van der Waals surface area contributed by atoms with Crippen molar-refractivity contribution < 1.29 is 19.1 Å². The van der Waals surface area contributed by atoms with Crippen LogP contribution in [0.15, 0.2) is 34.9 Å². The van der Waals surface area contributed by atoms with Gasteiger partial charge in [0.25, 0.3) is 0 Å². The van der Waals surface area contributed by atoms with Crippen LogP contribution in [-0.2, 0) is 6.42 Å². The zero-order valence-electron chi connectivity index (χ0n) is 10.6. The van der Waals surface area contributed by atoms with Crippen molar-refractivity contribution in [3.63, 3.8) is 0 Å². The Balaban J connectivity index is 2.00. The fourth-order valence-electron chi connectivity index (χ4n) is 1.61. The van der Waals surface area contributed by atoms with E-state index in [0.29, 0.717) is 5.75 Å². The van der Waals surface area contributed by atoms with Crippen LogP contribution < -0.4 is 4.74 Å². The summed E-state index contributed by atoms with van der Waals surface area (Å²) in [5.74, 6) is -0.576. The number of rotatable bonds is 6. The lowest BCUT2D eigenvalue weighted by Gasteiger charge is -2.02. The van der Waals surface area contributed by atoms with Gasteiger partial charge in [0, 0.05) is 0 Å². The summed E-state index contributed by atoms with van der Waals surface area (Å²) in [4.78, 5) is 14.3. The molecule has 1 aromatic heterocycles. The van der Waals surface area contributed by atoms with Crippen LogP contribution in [-0.4, -0.2) is 16.1 Å². The third-order valence-electron chi connectivity index (χ3n) is 2.65. The standard InChI is InChI=1S/C14H15NO4/c1-2-3-4-10-5-7-11(8-6-10)19-14-15-12(9-18-14)13(16)17/h5-9H,2-4H2,1H3,(H,16,17). The van der Waals surface area contributed by atoms with E-state index >= 15 is 0 Å². The van der Waals surface area contributed by atoms with Crippen molar-refractivity contribution >= 4 is 5.97 Å². The van der Waals surface area contributed by atoms with Gasteiger partial charge in [0.2, 0.25) is 0 Å². The molecule has 0 spiro atoms. The van der Waals surface area contributed by atoms with E-state index in [1.54, 1.807) is 0 Å². The fourth-order valence-corrected chi connectivity index (χ4v) is 1.61. The maximum absolute atomic E-state index is 10.6. The number of carboxylic acid groups (broad SMARTS) is 1. The molecule has 0 amide bonds. The molecule has 0 fully saturated rings. The van der Waals surface area contributed by atoms with Gasteiger partial charge in [-0.05, 0) is 30.5 Å². The van der Waals surface area contributed by atoms with Gasteiger partial charge in [-0.15, -0.1) is 0 Å². The van der Waals surface area contributed by atoms with E-state index in [9.17, 15) is 4.79 Å². The Labute approximate surface area is 110 Å². The Morgan fingerprint density at radius 1 is 1.37 bits per heavy atom. The molecule has 1 aromatic carbocycles. The van der Waals surface area contributed by atoms with Gasteiger partial charge in [-0.25, -0.2) is 4.79 Å². The van der Waals surface area contributed by atoms with Gasteiger partial charge in [-0.1, -0.05) is 25.5 Å². The van der Waals surface area contributed by atoms with Gasteiger partial charge < -0.3 is 14.3 Å². The lowest BCUT2D eigenvalue weighted by molar-refractivity contribution is 0.0690. The molecule has 2 rings (SSSR count). The highest BCUT2D eigenvalue weighted by Crippen LogP contribution is 2.21. The Hall–Kier alpha value is -2.30. The maximum Gasteiger partial charge on any atom is 0.399 e. The van der Waals surface area contributed by atoms with E-state index in [0.717, 1.165) is 25.5 Å². The smallest absolute Gasteiger partial charge is 0.399 e. The van der Waals surface area contributed by atoms with Crippen molar-refractivity contribution in [1.82, 2.24) is 4.98 Å². The third-order valence-corrected chi connectivity index (χ3v) is 2.65. The SMILES string of the molecule is CCCCc1ccc(Oc2nc(C(=O)O)co2)cc1. The predicted molar refractivity (Wildman–Crippen MR) is 68.6 cm³/mol. The first-order valence-corrected chi connectivity index (χ1v) is 6.14. The highest BCUT2D eigenvalue weighted by Gasteiger charge is 2.11. The molecule has 2 aromatic rings. The summed E-state index contributed by atoms with van der Waals surface area (Å²) < 4.78 is 10.2. The average Bonchev–Trinajstić information content (AvgIpc) is 2.87. The number of aryl methyl sites for hydroxylation is 1. The first-order valence-electron chi connectivity index (χ1n) is 6.14. The maximum atomic E-state index is 10.6. The molecular formula is C14H15NO4. The number of aromatic nitrogens is 1. The molecule has 5 heteroatoms. The van der Waals surface area contributed by atoms with Crippen molar-refractivity contribution in [3.8, 4) is 11.8 Å². The van der Waals surface area contributed by atoms with E-state index in [2.05, 4.69) is 11.9 Å². The van der Waals surface area contributed by atoms with E-state index < -0.39 is 5.97 Å². The lowest BCUT2D eigenvalue weighted by Crippen LogP contribution is -1.95. The number of benzene rings is 1.